The van der Waals surface area contributed by atoms with Gasteiger partial charge in [-0.25, -0.2) is 0 Å². The molecule has 0 amide bonds. The third-order valence-corrected chi connectivity index (χ3v) is 3.62. The number of nitrogens with one attached hydrogen (secondary N) is 1. The van der Waals surface area contributed by atoms with Crippen LogP contribution >= 0.6 is 34.5 Å². The van der Waals surface area contributed by atoms with Crippen molar-refractivity contribution >= 4 is 45.9 Å². The predicted octanol–water partition coefficient (Wildman–Crippen LogP) is 4.25. The Hall–Kier alpha value is -0.900. The van der Waals surface area contributed by atoms with Crippen LogP contribution < -0.4 is 11.1 Å². The average molecular weight is 273 g/mol. The van der Waals surface area contributed by atoms with Gasteiger partial charge in [0.15, 0.2) is 0 Å². The summed E-state index contributed by atoms with van der Waals surface area (Å²) in [4.78, 5) is 1.16. The molecule has 0 bridgehead atoms. The van der Waals surface area contributed by atoms with Gasteiger partial charge in [-0.3, -0.25) is 0 Å². The molecule has 84 valence electrons. The first kappa shape index (κ1) is 11.6. The normalized spacial score (nSPS) is 10.4. The van der Waals surface area contributed by atoms with Crippen LogP contribution in [0, 0.1) is 0 Å². The van der Waals surface area contributed by atoms with E-state index in [2.05, 4.69) is 5.32 Å². The van der Waals surface area contributed by atoms with E-state index < -0.39 is 0 Å². The lowest BCUT2D eigenvalue weighted by Gasteiger charge is -2.07. The van der Waals surface area contributed by atoms with Crippen molar-refractivity contribution in [3.8, 4) is 0 Å². The lowest BCUT2D eigenvalue weighted by Crippen LogP contribution is -1.98. The van der Waals surface area contributed by atoms with Gasteiger partial charge in [0.1, 0.15) is 0 Å². The number of anilines is 2. The molecule has 0 radical (unpaired) electrons. The zero-order valence-electron chi connectivity index (χ0n) is 8.34. The Bertz CT molecular complexity index is 496. The number of hydrogen-bond donors (Lipinski definition) is 2. The first-order valence-electron chi connectivity index (χ1n) is 4.68. The summed E-state index contributed by atoms with van der Waals surface area (Å²) in [7, 11) is 0. The Balaban J connectivity index is 2.04. The number of halogens is 2. The highest BCUT2D eigenvalue weighted by atomic mass is 35.5. The molecule has 16 heavy (non-hydrogen) atoms. The van der Waals surface area contributed by atoms with E-state index in [0.29, 0.717) is 17.3 Å². The van der Waals surface area contributed by atoms with Crippen molar-refractivity contribution in [2.75, 3.05) is 11.1 Å². The maximum atomic E-state index is 6.04. The van der Waals surface area contributed by atoms with Crippen molar-refractivity contribution in [1.82, 2.24) is 0 Å². The van der Waals surface area contributed by atoms with Gasteiger partial charge in [0.25, 0.3) is 0 Å². The van der Waals surface area contributed by atoms with E-state index in [4.69, 9.17) is 28.9 Å². The highest BCUT2D eigenvalue weighted by Gasteiger charge is 2.02. The maximum absolute atomic E-state index is 6.04. The number of hydrogen-bond acceptors (Lipinski definition) is 3. The number of rotatable bonds is 3. The molecule has 2 rings (SSSR count). The molecule has 2 aromatic rings. The molecular formula is C11H10Cl2N2S. The molecule has 0 aliphatic carbocycles. The van der Waals surface area contributed by atoms with Gasteiger partial charge < -0.3 is 11.1 Å². The predicted molar refractivity (Wildman–Crippen MR) is 72.5 cm³/mol. The van der Waals surface area contributed by atoms with Gasteiger partial charge in [0, 0.05) is 17.1 Å². The fourth-order valence-corrected chi connectivity index (χ4v) is 2.59. The minimum absolute atomic E-state index is 0.627. The lowest BCUT2D eigenvalue weighted by atomic mass is 10.3. The van der Waals surface area contributed by atoms with Crippen LogP contribution in [-0.4, -0.2) is 0 Å². The monoisotopic (exact) mass is 272 g/mol. The summed E-state index contributed by atoms with van der Waals surface area (Å²) in [5.41, 5.74) is 7.15. The van der Waals surface area contributed by atoms with E-state index in [0.717, 1.165) is 14.9 Å². The second-order valence-corrected chi connectivity index (χ2v) is 5.51. The van der Waals surface area contributed by atoms with Gasteiger partial charge in [-0.1, -0.05) is 23.2 Å². The van der Waals surface area contributed by atoms with Crippen LogP contribution in [0.3, 0.4) is 0 Å². The van der Waals surface area contributed by atoms with Crippen molar-refractivity contribution in [2.24, 2.45) is 0 Å². The zero-order valence-corrected chi connectivity index (χ0v) is 10.7. The third kappa shape index (κ3) is 2.82. The molecule has 1 aromatic carbocycles. The smallest absolute Gasteiger partial charge is 0.0931 e. The van der Waals surface area contributed by atoms with Gasteiger partial charge in [0.2, 0.25) is 0 Å². The molecule has 0 fully saturated rings. The average Bonchev–Trinajstić information content (AvgIpc) is 2.63. The second kappa shape index (κ2) is 4.95. The Kier molecular flexibility index (Phi) is 3.59. The summed E-state index contributed by atoms with van der Waals surface area (Å²) in [6.45, 7) is 0.709. The molecule has 5 heteroatoms. The van der Waals surface area contributed by atoms with E-state index >= 15 is 0 Å². The molecule has 0 aliphatic heterocycles. The number of thiophene rings is 1. The van der Waals surface area contributed by atoms with E-state index in [-0.39, 0.29) is 0 Å². The van der Waals surface area contributed by atoms with E-state index in [1.54, 1.807) is 17.4 Å². The number of benzene rings is 1. The molecule has 2 nitrogen and oxygen atoms in total. The minimum Gasteiger partial charge on any atom is -0.399 e. The minimum atomic E-state index is 0.627. The summed E-state index contributed by atoms with van der Waals surface area (Å²) in [5.74, 6) is 0. The van der Waals surface area contributed by atoms with Crippen molar-refractivity contribution < 1.29 is 0 Å². The summed E-state index contributed by atoms with van der Waals surface area (Å²) < 4.78 is 0.792. The maximum Gasteiger partial charge on any atom is 0.0931 e. The molecule has 0 aliphatic rings. The first-order chi connectivity index (χ1) is 7.65. The van der Waals surface area contributed by atoms with E-state index in [9.17, 15) is 0 Å². The quantitative estimate of drug-likeness (QED) is 0.820. The molecule has 3 N–H and O–H groups in total. The number of nitrogens with two attached hydrogens (primary N) is 1. The summed E-state index contributed by atoms with van der Waals surface area (Å²) in [6.07, 6.45) is 0. The topological polar surface area (TPSA) is 38.0 Å². The Morgan fingerprint density at radius 2 is 2.00 bits per heavy atom. The molecule has 1 heterocycles. The standard InChI is InChI=1S/C11H10Cl2N2S/c12-9-5-7(14)1-3-10(9)15-6-8-2-4-11(13)16-8/h1-5,15H,6,14H2. The van der Waals surface area contributed by atoms with Crippen LogP contribution in [0.4, 0.5) is 11.4 Å². The zero-order chi connectivity index (χ0) is 11.5. The van der Waals surface area contributed by atoms with Crippen LogP contribution in [-0.2, 0) is 6.54 Å². The second-order valence-electron chi connectivity index (χ2n) is 3.30. The fraction of sp³-hybridized carbons (Fsp3) is 0.0909. The molecular weight excluding hydrogens is 263 g/mol. The van der Waals surface area contributed by atoms with Crippen molar-refractivity contribution in [1.29, 1.82) is 0 Å². The van der Waals surface area contributed by atoms with E-state index in [1.807, 2.05) is 24.3 Å². The van der Waals surface area contributed by atoms with Crippen LogP contribution in [0.5, 0.6) is 0 Å². The van der Waals surface area contributed by atoms with Crippen LogP contribution in [0.25, 0.3) is 0 Å². The number of nitrogen functional groups attached to an aromatic ring is 1. The molecule has 0 atom stereocenters. The fourth-order valence-electron chi connectivity index (χ4n) is 1.30. The van der Waals surface area contributed by atoms with Gasteiger partial charge in [-0.05, 0) is 30.3 Å². The molecule has 0 spiro atoms. The van der Waals surface area contributed by atoms with Crippen LogP contribution in [0.1, 0.15) is 4.88 Å². The van der Waals surface area contributed by atoms with Crippen molar-refractivity contribution in [2.45, 2.75) is 6.54 Å². The molecule has 0 saturated heterocycles. The Morgan fingerprint density at radius 3 is 2.62 bits per heavy atom. The first-order valence-corrected chi connectivity index (χ1v) is 6.25. The van der Waals surface area contributed by atoms with Gasteiger partial charge >= 0.3 is 0 Å². The summed E-state index contributed by atoms with van der Waals surface area (Å²) >= 11 is 13.4. The SMILES string of the molecule is Nc1ccc(NCc2ccc(Cl)s2)c(Cl)c1. The highest BCUT2D eigenvalue weighted by molar-refractivity contribution is 7.16. The van der Waals surface area contributed by atoms with Crippen LogP contribution in [0.2, 0.25) is 9.36 Å². The summed E-state index contributed by atoms with van der Waals surface area (Å²) in [5, 5.41) is 3.86. The third-order valence-electron chi connectivity index (χ3n) is 2.08. The molecule has 0 saturated carbocycles. The Morgan fingerprint density at radius 1 is 1.19 bits per heavy atom. The van der Waals surface area contributed by atoms with Gasteiger partial charge in [-0.15, -0.1) is 11.3 Å². The largest absolute Gasteiger partial charge is 0.399 e. The van der Waals surface area contributed by atoms with Crippen LogP contribution in [0.15, 0.2) is 30.3 Å². The molecule has 1 aromatic heterocycles. The van der Waals surface area contributed by atoms with Crippen molar-refractivity contribution in [3.05, 3.63) is 44.6 Å². The summed E-state index contributed by atoms with van der Waals surface area (Å²) in [6, 6.07) is 9.28. The van der Waals surface area contributed by atoms with Crippen molar-refractivity contribution in [3.63, 3.8) is 0 Å². The lowest BCUT2D eigenvalue weighted by molar-refractivity contribution is 1.19. The van der Waals surface area contributed by atoms with Gasteiger partial charge in [0.05, 0.1) is 15.0 Å². The van der Waals surface area contributed by atoms with E-state index in [1.165, 1.54) is 0 Å². The Labute approximate surface area is 108 Å². The highest BCUT2D eigenvalue weighted by Crippen LogP contribution is 2.26. The van der Waals surface area contributed by atoms with Gasteiger partial charge in [-0.2, -0.15) is 0 Å². The molecule has 0 unspecified atom stereocenters.